The van der Waals surface area contributed by atoms with Crippen molar-refractivity contribution in [1.29, 1.82) is 0 Å². The molecule has 0 fully saturated rings. The largest absolute Gasteiger partial charge is 0.369 e. The van der Waals surface area contributed by atoms with Gasteiger partial charge in [-0.25, -0.2) is 12.7 Å². The molecule has 0 saturated heterocycles. The van der Waals surface area contributed by atoms with Crippen molar-refractivity contribution in [3.8, 4) is 0 Å². The predicted molar refractivity (Wildman–Crippen MR) is 40.2 cm³/mol. The van der Waals surface area contributed by atoms with Crippen molar-refractivity contribution < 1.29 is 8.42 Å². The Balaban J connectivity index is 4.55. The van der Waals surface area contributed by atoms with E-state index in [1.807, 2.05) is 0 Å². The van der Waals surface area contributed by atoms with Gasteiger partial charge in [-0.05, 0) is 0 Å². The monoisotopic (exact) mass is 165 g/mol. The first-order chi connectivity index (χ1) is 4.39. The van der Waals surface area contributed by atoms with Gasteiger partial charge in [0.25, 0.3) is 0 Å². The number of hydrogen-bond acceptors (Lipinski definition) is 3. The minimum atomic E-state index is -3.24. The molecule has 0 atom stereocenters. The van der Waals surface area contributed by atoms with Crippen LogP contribution in [0.1, 0.15) is 0 Å². The molecule has 0 aliphatic heterocycles. The van der Waals surface area contributed by atoms with Crippen LogP contribution >= 0.6 is 0 Å². The molecule has 0 radical (unpaired) electrons. The maximum absolute atomic E-state index is 10.7. The molecule has 2 N–H and O–H groups in total. The number of nitrogens with two attached hydrogens (primary N) is 1. The summed E-state index contributed by atoms with van der Waals surface area (Å²) in [6, 6.07) is 0. The lowest BCUT2D eigenvalue weighted by Crippen LogP contribution is -2.37. The summed E-state index contributed by atoms with van der Waals surface area (Å²) in [6.07, 6.45) is 1.06. The normalized spacial score (nSPS) is 13.3. The maximum Gasteiger partial charge on any atom is 0.234 e. The Morgan fingerprint density at radius 1 is 1.60 bits per heavy atom. The van der Waals surface area contributed by atoms with E-state index >= 15 is 0 Å². The Bertz CT molecular complexity index is 231. The fraction of sp³-hybridized carbons (Fsp3) is 0.750. The van der Waals surface area contributed by atoms with Crippen LogP contribution in [0.15, 0.2) is 4.99 Å². The van der Waals surface area contributed by atoms with Crippen LogP contribution < -0.4 is 5.73 Å². The Hall–Kier alpha value is -0.780. The molecule has 0 rings (SSSR count). The number of nitrogens with zero attached hydrogens (tertiary/aromatic N) is 2. The second-order valence-electron chi connectivity index (χ2n) is 1.81. The molecule has 0 heterocycles. The molecular weight excluding hydrogens is 154 g/mol. The highest BCUT2D eigenvalue weighted by molar-refractivity contribution is 7.88. The summed E-state index contributed by atoms with van der Waals surface area (Å²) >= 11 is 0. The molecule has 0 bridgehead atoms. The minimum absolute atomic E-state index is 0.0116. The van der Waals surface area contributed by atoms with Crippen LogP contribution in [0.3, 0.4) is 0 Å². The van der Waals surface area contributed by atoms with Gasteiger partial charge in [-0.15, -0.1) is 0 Å². The lowest BCUT2D eigenvalue weighted by atomic mass is 11.0. The highest BCUT2D eigenvalue weighted by Gasteiger charge is 2.11. The Morgan fingerprint density at radius 2 is 2.00 bits per heavy atom. The van der Waals surface area contributed by atoms with Crippen LogP contribution in [0.25, 0.3) is 0 Å². The third-order valence-corrected chi connectivity index (χ3v) is 2.23. The number of rotatable bonds is 1. The average Bonchev–Trinajstić information content (AvgIpc) is 1.83. The van der Waals surface area contributed by atoms with Crippen LogP contribution in [0.2, 0.25) is 0 Å². The molecule has 6 heteroatoms. The molecule has 60 valence electrons. The van der Waals surface area contributed by atoms with E-state index in [-0.39, 0.29) is 5.96 Å². The first-order valence-corrected chi connectivity index (χ1v) is 4.40. The van der Waals surface area contributed by atoms with Crippen molar-refractivity contribution in [3.63, 3.8) is 0 Å². The van der Waals surface area contributed by atoms with Crippen molar-refractivity contribution in [1.82, 2.24) is 4.31 Å². The average molecular weight is 165 g/mol. The molecule has 0 aromatic carbocycles. The molecule has 10 heavy (non-hydrogen) atoms. The second kappa shape index (κ2) is 2.87. The molecular formula is C4H11N3O2S. The van der Waals surface area contributed by atoms with Crippen LogP contribution in [-0.4, -0.2) is 39.0 Å². The summed E-state index contributed by atoms with van der Waals surface area (Å²) in [5.74, 6) is -0.0116. The van der Waals surface area contributed by atoms with Crippen molar-refractivity contribution >= 4 is 16.0 Å². The number of guanidine groups is 1. The molecule has 0 spiro atoms. The van der Waals surface area contributed by atoms with Gasteiger partial charge in [-0.3, -0.25) is 4.99 Å². The second-order valence-corrected chi connectivity index (χ2v) is 3.83. The fourth-order valence-corrected chi connectivity index (χ4v) is 0.732. The van der Waals surface area contributed by atoms with Gasteiger partial charge in [0.15, 0.2) is 0 Å². The van der Waals surface area contributed by atoms with Gasteiger partial charge in [-0.1, -0.05) is 0 Å². The van der Waals surface area contributed by atoms with Crippen molar-refractivity contribution in [2.24, 2.45) is 10.7 Å². The number of sulfonamides is 1. The van der Waals surface area contributed by atoms with E-state index in [4.69, 9.17) is 5.73 Å². The first kappa shape index (κ1) is 9.22. The van der Waals surface area contributed by atoms with Gasteiger partial charge in [0.05, 0.1) is 6.26 Å². The Morgan fingerprint density at radius 3 is 2.10 bits per heavy atom. The highest BCUT2D eigenvalue weighted by Crippen LogP contribution is 1.90. The van der Waals surface area contributed by atoms with E-state index in [0.717, 1.165) is 10.6 Å². The van der Waals surface area contributed by atoms with Crippen LogP contribution in [0.4, 0.5) is 0 Å². The molecule has 0 aromatic rings. The SMILES string of the molecule is CN=C(N)N(C)S(C)(=O)=O. The molecule has 0 aliphatic carbocycles. The van der Waals surface area contributed by atoms with Gasteiger partial charge in [0, 0.05) is 14.1 Å². The topological polar surface area (TPSA) is 75.8 Å². The van der Waals surface area contributed by atoms with Crippen LogP contribution in [0.5, 0.6) is 0 Å². The third kappa shape index (κ3) is 2.22. The number of hydrogen-bond donors (Lipinski definition) is 1. The van der Waals surface area contributed by atoms with Crippen molar-refractivity contribution in [2.45, 2.75) is 0 Å². The number of aliphatic imine (C=N–C) groups is 1. The molecule has 5 nitrogen and oxygen atoms in total. The quantitative estimate of drug-likeness (QED) is 0.392. The minimum Gasteiger partial charge on any atom is -0.369 e. The Labute approximate surface area is 60.6 Å². The summed E-state index contributed by atoms with van der Waals surface area (Å²) in [6.45, 7) is 0. The fourth-order valence-electron chi connectivity index (χ4n) is 0.311. The van der Waals surface area contributed by atoms with Gasteiger partial charge < -0.3 is 5.73 Å². The summed E-state index contributed by atoms with van der Waals surface area (Å²) in [5.41, 5.74) is 5.20. The zero-order chi connectivity index (χ0) is 8.36. The van der Waals surface area contributed by atoms with Crippen molar-refractivity contribution in [2.75, 3.05) is 20.4 Å². The van der Waals surface area contributed by atoms with E-state index in [1.165, 1.54) is 14.1 Å². The summed E-state index contributed by atoms with van der Waals surface area (Å²) in [5, 5.41) is 0. The van der Waals surface area contributed by atoms with Crippen LogP contribution in [0, 0.1) is 0 Å². The zero-order valence-corrected chi connectivity index (χ0v) is 7.01. The molecule has 0 amide bonds. The molecule has 0 unspecified atom stereocenters. The first-order valence-electron chi connectivity index (χ1n) is 2.55. The van der Waals surface area contributed by atoms with Gasteiger partial charge in [0.1, 0.15) is 0 Å². The summed E-state index contributed by atoms with van der Waals surface area (Å²) in [7, 11) is -0.464. The lowest BCUT2D eigenvalue weighted by Gasteiger charge is -2.13. The standard InChI is InChI=1S/C4H11N3O2S/c1-6-4(5)7(2)10(3,8)9/h1-3H3,(H2,5,6). The molecule has 0 aliphatic rings. The molecule has 0 saturated carbocycles. The zero-order valence-electron chi connectivity index (χ0n) is 6.20. The third-order valence-electron chi connectivity index (χ3n) is 1.05. The van der Waals surface area contributed by atoms with E-state index in [0.29, 0.717) is 0 Å². The van der Waals surface area contributed by atoms with E-state index in [2.05, 4.69) is 4.99 Å². The molecule has 0 aromatic heterocycles. The summed E-state index contributed by atoms with van der Waals surface area (Å²) < 4.78 is 22.3. The van der Waals surface area contributed by atoms with Gasteiger partial charge >= 0.3 is 0 Å². The lowest BCUT2D eigenvalue weighted by molar-refractivity contribution is 0.557. The highest BCUT2D eigenvalue weighted by atomic mass is 32.2. The van der Waals surface area contributed by atoms with E-state index < -0.39 is 10.0 Å². The maximum atomic E-state index is 10.7. The van der Waals surface area contributed by atoms with E-state index in [1.54, 1.807) is 0 Å². The van der Waals surface area contributed by atoms with Crippen LogP contribution in [-0.2, 0) is 10.0 Å². The smallest absolute Gasteiger partial charge is 0.234 e. The van der Waals surface area contributed by atoms with Gasteiger partial charge in [0.2, 0.25) is 16.0 Å². The van der Waals surface area contributed by atoms with Gasteiger partial charge in [-0.2, -0.15) is 0 Å². The van der Waals surface area contributed by atoms with Crippen molar-refractivity contribution in [3.05, 3.63) is 0 Å². The van der Waals surface area contributed by atoms with E-state index in [9.17, 15) is 8.42 Å². The predicted octanol–water partition coefficient (Wildman–Crippen LogP) is -1.18. The Kier molecular flexibility index (Phi) is 2.65. The summed E-state index contributed by atoms with van der Waals surface area (Å²) in [4.78, 5) is 3.50.